The molecule has 0 fully saturated rings. The third kappa shape index (κ3) is 1.71. The molecule has 0 saturated carbocycles. The first-order valence-electron chi connectivity index (χ1n) is 4.40. The van der Waals surface area contributed by atoms with Crippen molar-refractivity contribution in [2.75, 3.05) is 5.73 Å². The molecule has 0 saturated heterocycles. The Morgan fingerprint density at radius 3 is 2.79 bits per heavy atom. The topological polar surface area (TPSA) is 51.8 Å². The van der Waals surface area contributed by atoms with Crippen molar-refractivity contribution in [3.63, 3.8) is 0 Å². The fourth-order valence-electron chi connectivity index (χ4n) is 1.32. The van der Waals surface area contributed by atoms with Gasteiger partial charge in [0.25, 0.3) is 0 Å². The highest BCUT2D eigenvalue weighted by atomic mass is 14.9. The summed E-state index contributed by atoms with van der Waals surface area (Å²) in [6.45, 7) is 2.04. The van der Waals surface area contributed by atoms with Crippen molar-refractivity contribution >= 4 is 5.82 Å². The van der Waals surface area contributed by atoms with Crippen LogP contribution in [-0.2, 0) is 0 Å². The number of nitrogens with two attached hydrogens (primary N) is 1. The standard InChI is InChI=1S/C11H11N3/c1-8-3-2-4-9(5-8)10-6-13-7-11(12)14-10/h2-7H,1H3,(H2,12,14). The van der Waals surface area contributed by atoms with Crippen molar-refractivity contribution in [2.45, 2.75) is 6.92 Å². The summed E-state index contributed by atoms with van der Waals surface area (Å²) in [7, 11) is 0. The average molecular weight is 185 g/mol. The number of aromatic nitrogens is 2. The Morgan fingerprint density at radius 2 is 2.07 bits per heavy atom. The second-order valence-corrected chi connectivity index (χ2v) is 3.20. The maximum atomic E-state index is 5.56. The summed E-state index contributed by atoms with van der Waals surface area (Å²) in [5.41, 5.74) is 8.62. The van der Waals surface area contributed by atoms with Crippen molar-refractivity contribution in [3.8, 4) is 11.3 Å². The van der Waals surface area contributed by atoms with E-state index in [2.05, 4.69) is 16.0 Å². The number of nitrogen functional groups attached to an aromatic ring is 1. The molecule has 2 rings (SSSR count). The van der Waals surface area contributed by atoms with Crippen LogP contribution in [0.15, 0.2) is 36.7 Å². The molecule has 1 heterocycles. The number of hydrogen-bond acceptors (Lipinski definition) is 3. The van der Waals surface area contributed by atoms with Crippen LogP contribution in [-0.4, -0.2) is 9.97 Å². The molecular weight excluding hydrogens is 174 g/mol. The van der Waals surface area contributed by atoms with Crippen LogP contribution in [0.25, 0.3) is 11.3 Å². The van der Waals surface area contributed by atoms with Crippen LogP contribution in [0.4, 0.5) is 5.82 Å². The second-order valence-electron chi connectivity index (χ2n) is 3.20. The summed E-state index contributed by atoms with van der Waals surface area (Å²) < 4.78 is 0. The number of benzene rings is 1. The molecule has 3 nitrogen and oxygen atoms in total. The minimum atomic E-state index is 0.448. The minimum absolute atomic E-state index is 0.448. The van der Waals surface area contributed by atoms with Gasteiger partial charge in [-0.15, -0.1) is 0 Å². The predicted molar refractivity (Wildman–Crippen MR) is 56.6 cm³/mol. The zero-order valence-corrected chi connectivity index (χ0v) is 7.94. The molecule has 3 heteroatoms. The van der Waals surface area contributed by atoms with E-state index >= 15 is 0 Å². The Bertz CT molecular complexity index is 408. The first-order valence-corrected chi connectivity index (χ1v) is 4.40. The van der Waals surface area contributed by atoms with Crippen LogP contribution in [0, 0.1) is 6.92 Å². The van der Waals surface area contributed by atoms with Gasteiger partial charge in [0.05, 0.1) is 18.1 Å². The molecule has 14 heavy (non-hydrogen) atoms. The zero-order chi connectivity index (χ0) is 9.97. The van der Waals surface area contributed by atoms with Crippen LogP contribution in [0.3, 0.4) is 0 Å². The lowest BCUT2D eigenvalue weighted by Crippen LogP contribution is -1.93. The summed E-state index contributed by atoms with van der Waals surface area (Å²) in [6, 6.07) is 8.10. The molecule has 0 unspecified atom stereocenters. The van der Waals surface area contributed by atoms with E-state index in [9.17, 15) is 0 Å². The fourth-order valence-corrected chi connectivity index (χ4v) is 1.32. The lowest BCUT2D eigenvalue weighted by Gasteiger charge is -2.01. The van der Waals surface area contributed by atoms with Crippen LogP contribution < -0.4 is 5.73 Å². The van der Waals surface area contributed by atoms with Gasteiger partial charge < -0.3 is 5.73 Å². The van der Waals surface area contributed by atoms with Gasteiger partial charge in [-0.05, 0) is 13.0 Å². The molecule has 0 amide bonds. The molecule has 0 radical (unpaired) electrons. The summed E-state index contributed by atoms with van der Waals surface area (Å²) in [4.78, 5) is 8.20. The third-order valence-corrected chi connectivity index (χ3v) is 1.97. The molecular formula is C11H11N3. The lowest BCUT2D eigenvalue weighted by atomic mass is 10.1. The van der Waals surface area contributed by atoms with Crippen molar-refractivity contribution in [1.29, 1.82) is 0 Å². The van der Waals surface area contributed by atoms with Gasteiger partial charge in [-0.25, -0.2) is 4.98 Å². The van der Waals surface area contributed by atoms with E-state index in [1.54, 1.807) is 12.4 Å². The van der Waals surface area contributed by atoms with Crippen molar-refractivity contribution in [1.82, 2.24) is 9.97 Å². The summed E-state index contributed by atoms with van der Waals surface area (Å²) in [6.07, 6.45) is 3.25. The predicted octanol–water partition coefficient (Wildman–Crippen LogP) is 2.03. The van der Waals surface area contributed by atoms with Gasteiger partial charge in [0.15, 0.2) is 0 Å². The Labute approximate surface area is 82.6 Å². The summed E-state index contributed by atoms with van der Waals surface area (Å²) in [5.74, 6) is 0.448. The summed E-state index contributed by atoms with van der Waals surface area (Å²) in [5, 5.41) is 0. The van der Waals surface area contributed by atoms with Crippen LogP contribution in [0.1, 0.15) is 5.56 Å². The Kier molecular flexibility index (Phi) is 2.14. The monoisotopic (exact) mass is 185 g/mol. The largest absolute Gasteiger partial charge is 0.382 e. The molecule has 0 atom stereocenters. The van der Waals surface area contributed by atoms with E-state index in [1.165, 1.54) is 5.56 Å². The van der Waals surface area contributed by atoms with Gasteiger partial charge in [0, 0.05) is 5.56 Å². The minimum Gasteiger partial charge on any atom is -0.382 e. The Balaban J connectivity index is 2.49. The first kappa shape index (κ1) is 8.69. The lowest BCUT2D eigenvalue weighted by molar-refractivity contribution is 1.21. The zero-order valence-electron chi connectivity index (χ0n) is 7.94. The van der Waals surface area contributed by atoms with E-state index in [1.807, 2.05) is 25.1 Å². The van der Waals surface area contributed by atoms with E-state index in [0.717, 1.165) is 11.3 Å². The molecule has 2 aromatic rings. The van der Waals surface area contributed by atoms with Gasteiger partial charge in [-0.3, -0.25) is 4.98 Å². The molecule has 70 valence electrons. The van der Waals surface area contributed by atoms with Gasteiger partial charge in [0.1, 0.15) is 5.82 Å². The van der Waals surface area contributed by atoms with Crippen LogP contribution in [0.2, 0.25) is 0 Å². The van der Waals surface area contributed by atoms with E-state index in [0.29, 0.717) is 5.82 Å². The highest BCUT2D eigenvalue weighted by Crippen LogP contribution is 2.17. The third-order valence-electron chi connectivity index (χ3n) is 1.97. The maximum Gasteiger partial charge on any atom is 0.142 e. The highest BCUT2D eigenvalue weighted by molar-refractivity contribution is 5.60. The molecule has 1 aromatic carbocycles. The normalized spacial score (nSPS) is 10.1. The Morgan fingerprint density at radius 1 is 1.21 bits per heavy atom. The molecule has 2 N–H and O–H groups in total. The second kappa shape index (κ2) is 3.46. The molecule has 0 bridgehead atoms. The van der Waals surface area contributed by atoms with E-state index in [4.69, 9.17) is 5.73 Å². The molecule has 0 aliphatic carbocycles. The molecule has 1 aromatic heterocycles. The van der Waals surface area contributed by atoms with Crippen LogP contribution >= 0.6 is 0 Å². The number of rotatable bonds is 1. The van der Waals surface area contributed by atoms with Gasteiger partial charge >= 0.3 is 0 Å². The maximum absolute atomic E-state index is 5.56. The summed E-state index contributed by atoms with van der Waals surface area (Å²) >= 11 is 0. The van der Waals surface area contributed by atoms with E-state index < -0.39 is 0 Å². The van der Waals surface area contributed by atoms with Gasteiger partial charge in [0.2, 0.25) is 0 Å². The number of anilines is 1. The van der Waals surface area contributed by atoms with Crippen molar-refractivity contribution < 1.29 is 0 Å². The van der Waals surface area contributed by atoms with Crippen LogP contribution in [0.5, 0.6) is 0 Å². The smallest absolute Gasteiger partial charge is 0.142 e. The molecule has 0 aliphatic rings. The Hall–Kier alpha value is -1.90. The van der Waals surface area contributed by atoms with Gasteiger partial charge in [-0.1, -0.05) is 23.8 Å². The van der Waals surface area contributed by atoms with Crippen molar-refractivity contribution in [2.24, 2.45) is 0 Å². The average Bonchev–Trinajstić information content (AvgIpc) is 2.18. The highest BCUT2D eigenvalue weighted by Gasteiger charge is 1.99. The van der Waals surface area contributed by atoms with Gasteiger partial charge in [-0.2, -0.15) is 0 Å². The molecule has 0 spiro atoms. The quantitative estimate of drug-likeness (QED) is 0.739. The number of aryl methyl sites for hydroxylation is 1. The van der Waals surface area contributed by atoms with Crippen molar-refractivity contribution in [3.05, 3.63) is 42.2 Å². The molecule has 0 aliphatic heterocycles. The SMILES string of the molecule is Cc1cccc(-c2cncc(N)n2)c1. The van der Waals surface area contributed by atoms with E-state index in [-0.39, 0.29) is 0 Å². The fraction of sp³-hybridized carbons (Fsp3) is 0.0909. The first-order chi connectivity index (χ1) is 6.75. The number of hydrogen-bond donors (Lipinski definition) is 1. The number of nitrogens with zero attached hydrogens (tertiary/aromatic N) is 2.